The number of halogens is 2. The van der Waals surface area contributed by atoms with Gasteiger partial charge in [-0.25, -0.2) is 18.6 Å². The molecular formula is C25H27F2N3O3S. The third kappa shape index (κ3) is 5.53. The number of aromatic nitrogens is 1. The van der Waals surface area contributed by atoms with E-state index in [0.717, 1.165) is 41.5 Å². The molecule has 0 radical (unpaired) electrons. The second-order valence-corrected chi connectivity index (χ2v) is 9.75. The van der Waals surface area contributed by atoms with Crippen LogP contribution in [0.2, 0.25) is 0 Å². The van der Waals surface area contributed by atoms with Gasteiger partial charge in [-0.1, -0.05) is 17.4 Å². The lowest BCUT2D eigenvalue weighted by Gasteiger charge is -2.44. The molecule has 2 atom stereocenters. The summed E-state index contributed by atoms with van der Waals surface area (Å²) >= 11 is 1.36. The van der Waals surface area contributed by atoms with Gasteiger partial charge in [0, 0.05) is 43.5 Å². The number of carboxylic acids is 1. The summed E-state index contributed by atoms with van der Waals surface area (Å²) in [5.74, 6) is -1.40. The van der Waals surface area contributed by atoms with Crippen molar-refractivity contribution in [1.29, 1.82) is 0 Å². The van der Waals surface area contributed by atoms with Crippen LogP contribution in [0.4, 0.5) is 13.9 Å². The average molecular weight is 488 g/mol. The normalized spacial score (nSPS) is 18.8. The Bertz CT molecular complexity index is 1170. The Labute approximate surface area is 201 Å². The molecule has 1 aliphatic heterocycles. The minimum Gasteiger partial charge on any atom is -0.482 e. The van der Waals surface area contributed by atoms with E-state index in [1.54, 1.807) is 6.20 Å². The zero-order chi connectivity index (χ0) is 24.4. The van der Waals surface area contributed by atoms with Crippen molar-refractivity contribution >= 4 is 22.4 Å². The van der Waals surface area contributed by atoms with E-state index in [0.29, 0.717) is 17.2 Å². The van der Waals surface area contributed by atoms with Gasteiger partial charge in [0.2, 0.25) is 0 Å². The summed E-state index contributed by atoms with van der Waals surface area (Å²) in [4.78, 5) is 20.5. The van der Waals surface area contributed by atoms with Crippen LogP contribution in [0.5, 0.6) is 5.75 Å². The number of nitrogens with zero attached hydrogens (tertiary/aromatic N) is 3. The standard InChI is InChI=1S/C25H27F2N3O3S/c1-15-6-18(8-20(7-15)33-14-24(31)32)13-30-16(2)11-29(12-17(30)3)25-28-10-23(34-25)21-9-19(26)4-5-22(21)27/h4-10,16-17H,11-14H2,1-3H3,(H,31,32)/t16-,17+. The Morgan fingerprint density at radius 2 is 1.91 bits per heavy atom. The number of hydrogen-bond donors (Lipinski definition) is 1. The van der Waals surface area contributed by atoms with Crippen LogP contribution in [0.25, 0.3) is 10.4 Å². The van der Waals surface area contributed by atoms with Crippen LogP contribution in [0.15, 0.2) is 42.6 Å². The predicted molar refractivity (Wildman–Crippen MR) is 128 cm³/mol. The molecule has 3 aromatic rings. The van der Waals surface area contributed by atoms with E-state index in [2.05, 4.69) is 34.7 Å². The molecule has 0 bridgehead atoms. The summed E-state index contributed by atoms with van der Waals surface area (Å²) in [6, 6.07) is 9.68. The largest absolute Gasteiger partial charge is 0.482 e. The fourth-order valence-corrected chi connectivity index (χ4v) is 5.35. The summed E-state index contributed by atoms with van der Waals surface area (Å²) in [7, 11) is 0. The fourth-order valence-electron chi connectivity index (χ4n) is 4.40. The van der Waals surface area contributed by atoms with Gasteiger partial charge in [0.25, 0.3) is 0 Å². The van der Waals surface area contributed by atoms with E-state index in [-0.39, 0.29) is 24.3 Å². The van der Waals surface area contributed by atoms with E-state index >= 15 is 0 Å². The van der Waals surface area contributed by atoms with Crippen LogP contribution in [-0.2, 0) is 11.3 Å². The average Bonchev–Trinajstić information content (AvgIpc) is 3.26. The van der Waals surface area contributed by atoms with Crippen LogP contribution in [0, 0.1) is 18.6 Å². The minimum atomic E-state index is -1.01. The topological polar surface area (TPSA) is 65.9 Å². The summed E-state index contributed by atoms with van der Waals surface area (Å²) in [6.45, 7) is 8.10. The number of anilines is 1. The van der Waals surface area contributed by atoms with Crippen molar-refractivity contribution in [2.75, 3.05) is 24.6 Å². The zero-order valence-electron chi connectivity index (χ0n) is 19.3. The molecule has 1 aliphatic rings. The Morgan fingerprint density at radius 3 is 2.62 bits per heavy atom. The second kappa shape index (κ2) is 10.1. The number of hydrogen-bond acceptors (Lipinski definition) is 6. The molecule has 1 saturated heterocycles. The van der Waals surface area contributed by atoms with Crippen molar-refractivity contribution in [2.24, 2.45) is 0 Å². The molecular weight excluding hydrogens is 460 g/mol. The van der Waals surface area contributed by atoms with Crippen LogP contribution >= 0.6 is 11.3 Å². The van der Waals surface area contributed by atoms with Crippen molar-refractivity contribution in [3.63, 3.8) is 0 Å². The Morgan fingerprint density at radius 1 is 1.18 bits per heavy atom. The number of thiazole rings is 1. The van der Waals surface area contributed by atoms with E-state index in [1.807, 2.05) is 19.1 Å². The Balaban J connectivity index is 1.46. The van der Waals surface area contributed by atoms with Gasteiger partial charge in [-0.2, -0.15) is 0 Å². The van der Waals surface area contributed by atoms with Crippen molar-refractivity contribution in [3.8, 4) is 16.2 Å². The van der Waals surface area contributed by atoms with Crippen LogP contribution in [0.3, 0.4) is 0 Å². The highest BCUT2D eigenvalue weighted by Crippen LogP contribution is 2.35. The van der Waals surface area contributed by atoms with Crippen LogP contribution in [-0.4, -0.2) is 52.7 Å². The number of ether oxygens (including phenoxy) is 1. The minimum absolute atomic E-state index is 0.214. The number of aryl methyl sites for hydroxylation is 1. The summed E-state index contributed by atoms with van der Waals surface area (Å²) in [5.41, 5.74) is 2.30. The molecule has 0 spiro atoms. The molecule has 0 saturated carbocycles. The first kappa shape index (κ1) is 24.1. The number of carboxylic acid groups (broad SMARTS) is 1. The molecule has 2 heterocycles. The van der Waals surface area contributed by atoms with Crippen molar-refractivity contribution in [1.82, 2.24) is 9.88 Å². The van der Waals surface area contributed by atoms with Gasteiger partial charge < -0.3 is 14.7 Å². The second-order valence-electron chi connectivity index (χ2n) is 8.74. The van der Waals surface area contributed by atoms with Gasteiger partial charge in [-0.3, -0.25) is 4.90 Å². The van der Waals surface area contributed by atoms with Gasteiger partial charge in [0.1, 0.15) is 17.4 Å². The van der Waals surface area contributed by atoms with Crippen molar-refractivity contribution in [2.45, 2.75) is 39.4 Å². The molecule has 6 nitrogen and oxygen atoms in total. The Hall–Kier alpha value is -3.04. The van der Waals surface area contributed by atoms with Gasteiger partial charge in [0.05, 0.1) is 4.88 Å². The molecule has 9 heteroatoms. The maximum atomic E-state index is 14.2. The molecule has 0 unspecified atom stereocenters. The van der Waals surface area contributed by atoms with Crippen LogP contribution in [0.1, 0.15) is 25.0 Å². The first-order valence-electron chi connectivity index (χ1n) is 11.1. The maximum Gasteiger partial charge on any atom is 0.341 e. The number of benzene rings is 2. The maximum absolute atomic E-state index is 14.2. The molecule has 1 fully saturated rings. The smallest absolute Gasteiger partial charge is 0.341 e. The summed E-state index contributed by atoms with van der Waals surface area (Å²) in [6.07, 6.45) is 1.60. The molecule has 180 valence electrons. The lowest BCUT2D eigenvalue weighted by Crippen LogP contribution is -2.56. The van der Waals surface area contributed by atoms with Gasteiger partial charge >= 0.3 is 5.97 Å². The SMILES string of the molecule is Cc1cc(CN2[C@H](C)CN(c3ncc(-c4cc(F)ccc4F)s3)C[C@@H]2C)cc(OCC(=O)O)c1. The van der Waals surface area contributed by atoms with Gasteiger partial charge in [-0.15, -0.1) is 0 Å². The first-order valence-corrected chi connectivity index (χ1v) is 11.9. The lowest BCUT2D eigenvalue weighted by molar-refractivity contribution is -0.139. The van der Waals surface area contributed by atoms with E-state index < -0.39 is 17.6 Å². The van der Waals surface area contributed by atoms with E-state index in [1.165, 1.54) is 17.4 Å². The molecule has 1 aromatic heterocycles. The van der Waals surface area contributed by atoms with Crippen molar-refractivity contribution < 1.29 is 23.4 Å². The van der Waals surface area contributed by atoms with Crippen molar-refractivity contribution in [3.05, 3.63) is 65.4 Å². The summed E-state index contributed by atoms with van der Waals surface area (Å²) < 4.78 is 33.2. The number of rotatable bonds is 7. The molecule has 4 rings (SSSR count). The third-order valence-corrected chi connectivity index (χ3v) is 6.99. The molecule has 2 aromatic carbocycles. The zero-order valence-corrected chi connectivity index (χ0v) is 20.1. The number of carbonyl (C=O) groups is 1. The highest BCUT2D eigenvalue weighted by molar-refractivity contribution is 7.18. The lowest BCUT2D eigenvalue weighted by atomic mass is 10.0. The highest BCUT2D eigenvalue weighted by atomic mass is 32.1. The molecule has 34 heavy (non-hydrogen) atoms. The van der Waals surface area contributed by atoms with E-state index in [4.69, 9.17) is 9.84 Å². The highest BCUT2D eigenvalue weighted by Gasteiger charge is 2.31. The quantitative estimate of drug-likeness (QED) is 0.508. The molecule has 0 amide bonds. The molecule has 0 aliphatic carbocycles. The Kier molecular flexibility index (Phi) is 7.13. The van der Waals surface area contributed by atoms with Gasteiger partial charge in [-0.05, 0) is 62.2 Å². The van der Waals surface area contributed by atoms with Gasteiger partial charge in [0.15, 0.2) is 11.7 Å². The predicted octanol–water partition coefficient (Wildman–Crippen LogP) is 4.96. The first-order chi connectivity index (χ1) is 16.2. The fraction of sp³-hybridized carbons (Fsp3) is 0.360. The summed E-state index contributed by atoms with van der Waals surface area (Å²) in [5, 5.41) is 9.67. The third-order valence-electron chi connectivity index (χ3n) is 5.90. The van der Waals surface area contributed by atoms with Crippen LogP contribution < -0.4 is 9.64 Å². The number of piperazine rings is 1. The monoisotopic (exact) mass is 487 g/mol. The van der Waals surface area contributed by atoms with E-state index in [9.17, 15) is 13.6 Å². The number of aliphatic carboxylic acids is 1. The molecule has 1 N–H and O–H groups in total.